The Labute approximate surface area is 204 Å². The molecule has 1 saturated heterocycles. The average molecular weight is 580 g/mol. The van der Waals surface area contributed by atoms with Crippen molar-refractivity contribution in [1.82, 2.24) is 14.9 Å². The minimum Gasteiger partial charge on any atom is -0.386 e. The maximum Gasteiger partial charge on any atom is 0.490 e. The van der Waals surface area contributed by atoms with Crippen LogP contribution in [0.15, 0.2) is 11.3 Å². The molecule has 0 saturated carbocycles. The highest BCUT2D eigenvalue weighted by atomic mass is 31.3. The molecule has 22 heteroatoms. The number of methoxy groups -OCH3 is 1. The molecule has 0 radical (unpaired) electrons. The first kappa shape index (κ1) is 29.3. The Bertz CT molecular complexity index is 1130. The highest BCUT2D eigenvalue weighted by molar-refractivity contribution is 7.66. The van der Waals surface area contributed by atoms with Gasteiger partial charge in [0, 0.05) is 14.2 Å². The molecule has 1 fully saturated rings. The molecule has 9 N–H and O–H groups in total. The summed E-state index contributed by atoms with van der Waals surface area (Å²) in [4.78, 5) is 44.6. The van der Waals surface area contributed by atoms with Crippen LogP contribution in [0.4, 0.5) is 5.82 Å². The fourth-order valence-electron chi connectivity index (χ4n) is 3.54. The second-order valence-electron chi connectivity index (χ2n) is 7.67. The molecule has 8 atom stereocenters. The number of ether oxygens (including phenoxy) is 2. The van der Waals surface area contributed by atoms with E-state index in [-0.39, 0.29) is 6.04 Å². The molecule has 2 aliphatic rings. The third kappa shape index (κ3) is 6.78. The maximum absolute atomic E-state index is 12.1. The van der Waals surface area contributed by atoms with Crippen molar-refractivity contribution in [3.05, 3.63) is 12.0 Å². The number of phosphoric acid groups is 3. The molecule has 8 unspecified atom stereocenters. The number of aromatic nitrogens is 2. The molecule has 1 aromatic heterocycles. The number of nitrogens with zero attached hydrogens (tertiary/aromatic N) is 3. The van der Waals surface area contributed by atoms with Crippen LogP contribution >= 0.6 is 23.5 Å². The molecular weight excluding hydrogens is 553 g/mol. The molecule has 2 aliphatic heterocycles. The van der Waals surface area contributed by atoms with Crippen LogP contribution in [0.25, 0.3) is 0 Å². The largest absolute Gasteiger partial charge is 0.490 e. The number of amidine groups is 1. The van der Waals surface area contributed by atoms with E-state index in [0.29, 0.717) is 17.3 Å². The number of hydrogen-bond donors (Lipinski definition) is 8. The predicted molar refractivity (Wildman–Crippen MR) is 119 cm³/mol. The van der Waals surface area contributed by atoms with Crippen molar-refractivity contribution < 1.29 is 61.0 Å². The van der Waals surface area contributed by atoms with Gasteiger partial charge >= 0.3 is 23.5 Å². The second-order valence-corrected chi connectivity index (χ2v) is 12.1. The molecule has 3 heterocycles. The quantitative estimate of drug-likeness (QED) is 0.155. The highest BCUT2D eigenvalue weighted by Gasteiger charge is 2.48. The minimum atomic E-state index is -5.69. The zero-order chi connectivity index (χ0) is 27.1. The Morgan fingerprint density at radius 1 is 1.19 bits per heavy atom. The number of fused-ring (bicyclic) bond motifs is 1. The Morgan fingerprint density at radius 3 is 2.44 bits per heavy atom. The van der Waals surface area contributed by atoms with Gasteiger partial charge in [0.05, 0.1) is 25.1 Å². The van der Waals surface area contributed by atoms with E-state index in [0.717, 1.165) is 0 Å². The summed E-state index contributed by atoms with van der Waals surface area (Å²) in [5, 5.41) is 17.0. The number of phosphoric ester groups is 1. The number of aliphatic hydroxyl groups is 1. The van der Waals surface area contributed by atoms with Crippen LogP contribution in [0.1, 0.15) is 18.8 Å². The molecule has 0 spiro atoms. The van der Waals surface area contributed by atoms with E-state index in [4.69, 9.17) is 25.0 Å². The van der Waals surface area contributed by atoms with E-state index >= 15 is 0 Å². The SMILES string of the molecule is CN=C1NC(N)C(C)Nc2c1ncn2C1OC(COP(=O)(O)OP(=O)(O)OP(=O)(O)O)C(OC)C1O. The van der Waals surface area contributed by atoms with Gasteiger partial charge in [0.25, 0.3) is 0 Å². The van der Waals surface area contributed by atoms with Crippen LogP contribution in [0.3, 0.4) is 0 Å². The molecular formula is C14H27N6O13P3. The van der Waals surface area contributed by atoms with Crippen LogP contribution in [-0.2, 0) is 36.3 Å². The number of rotatable bonds is 9. The summed E-state index contributed by atoms with van der Waals surface area (Å²) >= 11 is 0. The lowest BCUT2D eigenvalue weighted by molar-refractivity contribution is -0.0533. The molecule has 0 amide bonds. The number of aliphatic hydroxyl groups excluding tert-OH is 1. The lowest BCUT2D eigenvalue weighted by Crippen LogP contribution is -2.49. The predicted octanol–water partition coefficient (Wildman–Crippen LogP) is -1.44. The smallest absolute Gasteiger partial charge is 0.386 e. The Kier molecular flexibility index (Phi) is 8.82. The van der Waals surface area contributed by atoms with Gasteiger partial charge in [-0.2, -0.15) is 8.62 Å². The number of hydrogen-bond acceptors (Lipinski definition) is 13. The van der Waals surface area contributed by atoms with Gasteiger partial charge in [0.2, 0.25) is 0 Å². The fraction of sp³-hybridized carbons (Fsp3) is 0.714. The van der Waals surface area contributed by atoms with E-state index < -0.39 is 60.8 Å². The molecule has 0 aliphatic carbocycles. The fourth-order valence-corrected chi connectivity index (χ4v) is 6.57. The lowest BCUT2D eigenvalue weighted by Gasteiger charge is -2.23. The second kappa shape index (κ2) is 10.8. The third-order valence-corrected chi connectivity index (χ3v) is 8.92. The van der Waals surface area contributed by atoms with Crippen molar-refractivity contribution in [3.63, 3.8) is 0 Å². The Hall–Kier alpha value is -1.27. The molecule has 3 rings (SSSR count). The van der Waals surface area contributed by atoms with Crippen LogP contribution in [-0.4, -0.2) is 91.4 Å². The Balaban J connectivity index is 1.77. The van der Waals surface area contributed by atoms with Crippen LogP contribution in [0.2, 0.25) is 0 Å². The monoisotopic (exact) mass is 580 g/mol. The number of aliphatic imine (C=N–C) groups is 1. The standard InChI is InChI=1S/C14H27N6O13P3/c1-6-11(15)19-12(16-2)8-13(18-6)20(5-17-8)14-9(21)10(29-3)7(31-14)4-30-35(25,26)33-36(27,28)32-34(22,23)24/h5-7,9-11,14,18,21H,4,15H2,1-3H3,(H,16,19)(H,25,26)(H,27,28)(H2,22,23,24). The first-order chi connectivity index (χ1) is 16.6. The molecule has 1 aromatic rings. The van der Waals surface area contributed by atoms with Gasteiger partial charge in [-0.25, -0.2) is 18.7 Å². The number of nitrogens with two attached hydrogens (primary N) is 1. The van der Waals surface area contributed by atoms with E-state index in [2.05, 4.69) is 33.8 Å². The summed E-state index contributed by atoms with van der Waals surface area (Å²) in [5.74, 6) is 0.782. The van der Waals surface area contributed by atoms with E-state index in [9.17, 15) is 28.6 Å². The normalized spacial score (nSPS) is 33.2. The third-order valence-electron chi connectivity index (χ3n) is 5.12. The van der Waals surface area contributed by atoms with Crippen molar-refractivity contribution in [2.24, 2.45) is 10.7 Å². The van der Waals surface area contributed by atoms with Crippen molar-refractivity contribution in [1.29, 1.82) is 0 Å². The summed E-state index contributed by atoms with van der Waals surface area (Å²) in [6, 6.07) is -0.309. The van der Waals surface area contributed by atoms with Crippen LogP contribution < -0.4 is 16.4 Å². The number of nitrogens with one attached hydrogen (secondary N) is 2. The van der Waals surface area contributed by atoms with Gasteiger partial charge in [0.1, 0.15) is 29.8 Å². The zero-order valence-corrected chi connectivity index (χ0v) is 21.7. The summed E-state index contributed by atoms with van der Waals surface area (Å²) in [7, 11) is -13.9. The lowest BCUT2D eigenvalue weighted by atomic mass is 10.1. The molecule has 206 valence electrons. The summed E-state index contributed by atoms with van der Waals surface area (Å²) in [6.07, 6.45) is -4.01. The van der Waals surface area contributed by atoms with Crippen LogP contribution in [0, 0.1) is 0 Å². The van der Waals surface area contributed by atoms with Crippen molar-refractivity contribution in [2.75, 3.05) is 26.1 Å². The number of imidazole rings is 1. The highest BCUT2D eigenvalue weighted by Crippen LogP contribution is 2.66. The molecule has 0 aromatic carbocycles. The van der Waals surface area contributed by atoms with Gasteiger partial charge < -0.3 is 50.5 Å². The Morgan fingerprint density at radius 2 is 1.86 bits per heavy atom. The minimum absolute atomic E-state index is 0.309. The van der Waals surface area contributed by atoms with Gasteiger partial charge in [-0.05, 0) is 6.92 Å². The summed E-state index contributed by atoms with van der Waals surface area (Å²) in [6.45, 7) is 0.983. The molecule has 36 heavy (non-hydrogen) atoms. The van der Waals surface area contributed by atoms with Crippen molar-refractivity contribution >= 4 is 35.1 Å². The molecule has 0 bridgehead atoms. The topological polar surface area (TPSA) is 279 Å². The van der Waals surface area contributed by atoms with Gasteiger partial charge in [-0.3, -0.25) is 14.1 Å². The summed E-state index contributed by atoms with van der Waals surface area (Å²) in [5.41, 5.74) is 6.46. The first-order valence-corrected chi connectivity index (χ1v) is 14.6. The number of anilines is 1. The van der Waals surface area contributed by atoms with E-state index in [1.807, 2.05) is 0 Å². The average Bonchev–Trinajstić information content (AvgIpc) is 3.24. The van der Waals surface area contributed by atoms with Crippen molar-refractivity contribution in [2.45, 2.75) is 43.7 Å². The van der Waals surface area contributed by atoms with Gasteiger partial charge in [-0.1, -0.05) is 0 Å². The van der Waals surface area contributed by atoms with E-state index in [1.54, 1.807) is 6.92 Å². The maximum atomic E-state index is 12.1. The van der Waals surface area contributed by atoms with E-state index in [1.165, 1.54) is 25.1 Å². The van der Waals surface area contributed by atoms with Gasteiger partial charge in [0.15, 0.2) is 12.1 Å². The van der Waals surface area contributed by atoms with Crippen LogP contribution in [0.5, 0.6) is 0 Å². The zero-order valence-electron chi connectivity index (χ0n) is 19.0. The summed E-state index contributed by atoms with van der Waals surface area (Å²) < 4.78 is 58.7. The van der Waals surface area contributed by atoms with Gasteiger partial charge in [-0.15, -0.1) is 0 Å². The van der Waals surface area contributed by atoms with Crippen molar-refractivity contribution in [3.8, 4) is 0 Å². The molecule has 19 nitrogen and oxygen atoms in total. The first-order valence-electron chi connectivity index (χ1n) is 10.0.